The van der Waals surface area contributed by atoms with Crippen molar-refractivity contribution in [1.29, 1.82) is 0 Å². The molecule has 7 nitrogen and oxygen atoms in total. The number of rotatable bonds is 6. The molecule has 1 N–H and O–H groups in total. The summed E-state index contributed by atoms with van der Waals surface area (Å²) in [7, 11) is -2.44. The van der Waals surface area contributed by atoms with Crippen LogP contribution in [0.1, 0.15) is 17.7 Å². The Kier molecular flexibility index (Phi) is 5.12. The maximum absolute atomic E-state index is 12.5. The van der Waals surface area contributed by atoms with Gasteiger partial charge in [-0.15, -0.1) is 0 Å². The van der Waals surface area contributed by atoms with Crippen molar-refractivity contribution in [1.82, 2.24) is 14.5 Å². The molecular formula is C16H18ClN3O4S. The lowest BCUT2D eigenvalue weighted by atomic mass is 10.2. The van der Waals surface area contributed by atoms with Gasteiger partial charge in [-0.2, -0.15) is 5.10 Å². The van der Waals surface area contributed by atoms with Gasteiger partial charge < -0.3 is 4.74 Å². The first-order valence-corrected chi connectivity index (χ1v) is 9.70. The van der Waals surface area contributed by atoms with Crippen LogP contribution in [0.3, 0.4) is 0 Å². The van der Waals surface area contributed by atoms with Crippen molar-refractivity contribution in [3.63, 3.8) is 0 Å². The van der Waals surface area contributed by atoms with Gasteiger partial charge in [0.05, 0.1) is 19.3 Å². The molecule has 1 aromatic carbocycles. The molecule has 2 aromatic rings. The molecule has 0 atom stereocenters. The Morgan fingerprint density at radius 1 is 1.32 bits per heavy atom. The standard InChI is InChI=1S/C16H18ClN3O4S/c1-24-14-6-5-12(17)10-15(14)25(22,23)18-7-8-20-16(21)9-11-3-2-4-13(11)19-20/h5-6,9-10,18H,2-4,7-8H2,1H3. The summed E-state index contributed by atoms with van der Waals surface area (Å²) in [5, 5.41) is 4.61. The number of fused-ring (bicyclic) bond motifs is 1. The Balaban J connectivity index is 1.74. The molecule has 1 aliphatic rings. The third-order valence-corrected chi connectivity index (χ3v) is 5.77. The summed E-state index contributed by atoms with van der Waals surface area (Å²) in [6, 6.07) is 5.95. The number of sulfonamides is 1. The summed E-state index contributed by atoms with van der Waals surface area (Å²) in [5.41, 5.74) is 1.68. The second-order valence-electron chi connectivity index (χ2n) is 5.72. The molecule has 0 saturated carbocycles. The van der Waals surface area contributed by atoms with E-state index in [-0.39, 0.29) is 34.3 Å². The van der Waals surface area contributed by atoms with Crippen LogP contribution >= 0.6 is 11.6 Å². The van der Waals surface area contributed by atoms with E-state index in [1.54, 1.807) is 12.1 Å². The molecule has 9 heteroatoms. The highest BCUT2D eigenvalue weighted by Crippen LogP contribution is 2.26. The number of hydrogen-bond acceptors (Lipinski definition) is 5. The van der Waals surface area contributed by atoms with E-state index in [0.717, 1.165) is 30.5 Å². The van der Waals surface area contributed by atoms with Gasteiger partial charge in [0.1, 0.15) is 10.6 Å². The van der Waals surface area contributed by atoms with Crippen molar-refractivity contribution in [2.24, 2.45) is 0 Å². The summed E-state index contributed by atoms with van der Waals surface area (Å²) in [6.45, 7) is 0.178. The van der Waals surface area contributed by atoms with Crippen LogP contribution in [0.4, 0.5) is 0 Å². The van der Waals surface area contributed by atoms with Gasteiger partial charge in [0.25, 0.3) is 5.56 Å². The number of ether oxygens (including phenoxy) is 1. The molecule has 25 heavy (non-hydrogen) atoms. The summed E-state index contributed by atoms with van der Waals surface area (Å²) < 4.78 is 33.8. The normalized spacial score (nSPS) is 13.7. The van der Waals surface area contributed by atoms with Crippen molar-refractivity contribution in [3.8, 4) is 5.75 Å². The second-order valence-corrected chi connectivity index (χ2v) is 7.90. The van der Waals surface area contributed by atoms with Gasteiger partial charge in [0.15, 0.2) is 0 Å². The lowest BCUT2D eigenvalue weighted by Gasteiger charge is -2.12. The fourth-order valence-corrected chi connectivity index (χ4v) is 4.27. The van der Waals surface area contributed by atoms with Crippen LogP contribution < -0.4 is 15.0 Å². The lowest BCUT2D eigenvalue weighted by molar-refractivity contribution is 0.402. The molecule has 3 rings (SSSR count). The fraction of sp³-hybridized carbons (Fsp3) is 0.375. The number of hydrogen-bond donors (Lipinski definition) is 1. The fourth-order valence-electron chi connectivity index (χ4n) is 2.82. The molecule has 0 amide bonds. The molecular weight excluding hydrogens is 366 g/mol. The van der Waals surface area contributed by atoms with Crippen molar-refractivity contribution in [2.75, 3.05) is 13.7 Å². The van der Waals surface area contributed by atoms with Crippen LogP contribution in [0.25, 0.3) is 0 Å². The Hall–Kier alpha value is -1.90. The van der Waals surface area contributed by atoms with E-state index < -0.39 is 10.0 Å². The van der Waals surface area contributed by atoms with Gasteiger partial charge in [-0.1, -0.05) is 11.6 Å². The van der Waals surface area contributed by atoms with Gasteiger partial charge in [-0.25, -0.2) is 17.8 Å². The average Bonchev–Trinajstić information content (AvgIpc) is 3.02. The first kappa shape index (κ1) is 17.9. The van der Waals surface area contributed by atoms with Crippen molar-refractivity contribution in [3.05, 3.63) is 50.9 Å². The van der Waals surface area contributed by atoms with Gasteiger partial charge in [0.2, 0.25) is 10.0 Å². The van der Waals surface area contributed by atoms with Crippen LogP contribution in [0.15, 0.2) is 34.0 Å². The monoisotopic (exact) mass is 383 g/mol. The summed E-state index contributed by atoms with van der Waals surface area (Å²) in [5.74, 6) is 0.199. The number of halogens is 1. The number of nitrogens with zero attached hydrogens (tertiary/aromatic N) is 2. The lowest BCUT2D eigenvalue weighted by Crippen LogP contribution is -2.32. The molecule has 0 bridgehead atoms. The Morgan fingerprint density at radius 3 is 2.88 bits per heavy atom. The van der Waals surface area contributed by atoms with E-state index in [2.05, 4.69) is 9.82 Å². The zero-order valence-corrected chi connectivity index (χ0v) is 15.2. The van der Waals surface area contributed by atoms with Gasteiger partial charge in [-0.05, 0) is 43.0 Å². The number of benzene rings is 1. The third kappa shape index (κ3) is 3.86. The Morgan fingerprint density at radius 2 is 2.12 bits per heavy atom. The molecule has 134 valence electrons. The molecule has 1 aromatic heterocycles. The van der Waals surface area contributed by atoms with Crippen molar-refractivity contribution < 1.29 is 13.2 Å². The number of nitrogens with one attached hydrogen (secondary N) is 1. The van der Waals surface area contributed by atoms with E-state index in [1.807, 2.05) is 0 Å². The summed E-state index contributed by atoms with van der Waals surface area (Å²) in [6.07, 6.45) is 2.72. The van der Waals surface area contributed by atoms with Gasteiger partial charge >= 0.3 is 0 Å². The molecule has 0 unspecified atom stereocenters. The SMILES string of the molecule is COc1ccc(Cl)cc1S(=O)(=O)NCCn1nc2c(cc1=O)CCC2. The maximum atomic E-state index is 12.5. The average molecular weight is 384 g/mol. The van der Waals surface area contributed by atoms with Crippen LogP contribution in [-0.2, 0) is 29.4 Å². The van der Waals surface area contributed by atoms with E-state index in [9.17, 15) is 13.2 Å². The molecule has 0 fully saturated rings. The predicted octanol–water partition coefficient (Wildman–Crippen LogP) is 1.37. The van der Waals surface area contributed by atoms with Crippen LogP contribution in [-0.4, -0.2) is 31.9 Å². The van der Waals surface area contributed by atoms with Crippen molar-refractivity contribution >= 4 is 21.6 Å². The number of methoxy groups -OCH3 is 1. The summed E-state index contributed by atoms with van der Waals surface area (Å²) >= 11 is 5.88. The minimum Gasteiger partial charge on any atom is -0.495 e. The highest BCUT2D eigenvalue weighted by molar-refractivity contribution is 7.89. The number of aryl methyl sites for hydroxylation is 2. The third-order valence-electron chi connectivity index (χ3n) is 4.05. The van der Waals surface area contributed by atoms with E-state index in [4.69, 9.17) is 16.3 Å². The molecule has 0 radical (unpaired) electrons. The zero-order chi connectivity index (χ0) is 18.0. The molecule has 0 saturated heterocycles. The highest BCUT2D eigenvalue weighted by Gasteiger charge is 2.20. The Bertz CT molecular complexity index is 956. The van der Waals surface area contributed by atoms with Gasteiger partial charge in [-0.3, -0.25) is 4.79 Å². The van der Waals surface area contributed by atoms with Crippen LogP contribution in [0.2, 0.25) is 5.02 Å². The molecule has 0 aliphatic heterocycles. The quantitative estimate of drug-likeness (QED) is 0.813. The largest absolute Gasteiger partial charge is 0.495 e. The first-order chi connectivity index (χ1) is 11.9. The minimum atomic E-state index is -3.82. The van der Waals surface area contributed by atoms with Crippen molar-refractivity contribution in [2.45, 2.75) is 30.7 Å². The maximum Gasteiger partial charge on any atom is 0.267 e. The second kappa shape index (κ2) is 7.15. The Labute approximate surface area is 150 Å². The van der Waals surface area contributed by atoms with Crippen LogP contribution in [0, 0.1) is 0 Å². The summed E-state index contributed by atoms with van der Waals surface area (Å²) in [4.78, 5) is 12.0. The molecule has 1 aliphatic carbocycles. The van der Waals surface area contributed by atoms with Crippen LogP contribution in [0.5, 0.6) is 5.75 Å². The molecule has 0 spiro atoms. The van der Waals surface area contributed by atoms with E-state index in [0.29, 0.717) is 0 Å². The predicted molar refractivity (Wildman–Crippen MR) is 93.7 cm³/mol. The zero-order valence-electron chi connectivity index (χ0n) is 13.7. The minimum absolute atomic E-state index is 0.0314. The number of aromatic nitrogens is 2. The molecule has 1 heterocycles. The topological polar surface area (TPSA) is 90.3 Å². The highest BCUT2D eigenvalue weighted by atomic mass is 35.5. The first-order valence-electron chi connectivity index (χ1n) is 7.84. The van der Waals surface area contributed by atoms with E-state index in [1.165, 1.54) is 23.9 Å². The van der Waals surface area contributed by atoms with Gasteiger partial charge in [0, 0.05) is 17.6 Å². The smallest absolute Gasteiger partial charge is 0.267 e. The van der Waals surface area contributed by atoms with E-state index >= 15 is 0 Å².